The van der Waals surface area contributed by atoms with Crippen LogP contribution in [0.15, 0.2) is 56.5 Å². The number of benzene rings is 2. The average Bonchev–Trinajstić information content (AvgIpc) is 3.25. The largest absolute Gasteiger partial charge is 0.453 e. The van der Waals surface area contributed by atoms with E-state index in [1.165, 1.54) is 11.8 Å². The monoisotopic (exact) mass is 470 g/mol. The Balaban J connectivity index is 1.48. The van der Waals surface area contributed by atoms with Crippen molar-refractivity contribution in [2.75, 3.05) is 11.1 Å². The third-order valence-corrected chi connectivity index (χ3v) is 6.13. The molecule has 29 heavy (non-hydrogen) atoms. The molecule has 0 saturated carbocycles. The van der Waals surface area contributed by atoms with Gasteiger partial charge in [-0.2, -0.15) is 0 Å². The van der Waals surface area contributed by atoms with E-state index in [1.54, 1.807) is 0 Å². The van der Waals surface area contributed by atoms with Crippen molar-refractivity contribution in [1.29, 1.82) is 0 Å². The maximum absolute atomic E-state index is 12.4. The Morgan fingerprint density at radius 1 is 1.17 bits per heavy atom. The summed E-state index contributed by atoms with van der Waals surface area (Å²) < 4.78 is 8.73. The summed E-state index contributed by atoms with van der Waals surface area (Å²) in [6.07, 6.45) is 0. The number of hydrogen-bond acceptors (Lipinski definition) is 5. The van der Waals surface area contributed by atoms with Gasteiger partial charge >= 0.3 is 0 Å². The van der Waals surface area contributed by atoms with Crippen LogP contribution in [0, 0.1) is 13.8 Å². The molecule has 1 N–H and O–H groups in total. The molecule has 4 rings (SSSR count). The molecule has 0 aliphatic rings. The molecule has 0 unspecified atom stereocenters. The van der Waals surface area contributed by atoms with Crippen molar-refractivity contribution in [3.63, 3.8) is 0 Å². The molecule has 2 aromatic heterocycles. The van der Waals surface area contributed by atoms with Gasteiger partial charge in [-0.25, -0.2) is 0 Å². The molecule has 0 bridgehead atoms. The maximum Gasteiger partial charge on any atom is 0.234 e. The Kier molecular flexibility index (Phi) is 5.47. The van der Waals surface area contributed by atoms with E-state index in [4.69, 9.17) is 4.42 Å². The van der Waals surface area contributed by atoms with Crippen LogP contribution in [-0.2, 0) is 11.8 Å². The van der Waals surface area contributed by atoms with E-state index >= 15 is 0 Å². The molecule has 0 spiro atoms. The minimum absolute atomic E-state index is 0.0782. The van der Waals surface area contributed by atoms with Crippen molar-refractivity contribution in [3.05, 3.63) is 58.1 Å². The van der Waals surface area contributed by atoms with Crippen molar-refractivity contribution in [1.82, 2.24) is 14.8 Å². The van der Waals surface area contributed by atoms with E-state index in [9.17, 15) is 4.79 Å². The molecule has 0 aliphatic heterocycles. The number of thioether (sulfide) groups is 1. The van der Waals surface area contributed by atoms with Crippen LogP contribution in [0.2, 0.25) is 0 Å². The summed E-state index contributed by atoms with van der Waals surface area (Å²) in [5.74, 6) is 1.42. The van der Waals surface area contributed by atoms with Gasteiger partial charge in [-0.05, 0) is 49.2 Å². The van der Waals surface area contributed by atoms with Gasteiger partial charge in [0.15, 0.2) is 16.7 Å². The van der Waals surface area contributed by atoms with Crippen LogP contribution >= 0.6 is 27.7 Å². The van der Waals surface area contributed by atoms with Crippen LogP contribution in [0.4, 0.5) is 5.69 Å². The lowest BCUT2D eigenvalue weighted by molar-refractivity contribution is -0.113. The number of para-hydroxylation sites is 1. The van der Waals surface area contributed by atoms with Crippen LogP contribution in [-0.4, -0.2) is 26.4 Å². The van der Waals surface area contributed by atoms with Gasteiger partial charge < -0.3 is 14.3 Å². The predicted molar refractivity (Wildman–Crippen MR) is 119 cm³/mol. The predicted octanol–water partition coefficient (Wildman–Crippen LogP) is 5.34. The van der Waals surface area contributed by atoms with Crippen LogP contribution in [0.3, 0.4) is 0 Å². The minimum Gasteiger partial charge on any atom is -0.453 e. The van der Waals surface area contributed by atoms with Gasteiger partial charge in [-0.15, -0.1) is 10.2 Å². The van der Waals surface area contributed by atoms with Crippen LogP contribution in [0.25, 0.3) is 22.6 Å². The molecular formula is C21H19BrN4O2S. The zero-order valence-electron chi connectivity index (χ0n) is 16.2. The topological polar surface area (TPSA) is 73.0 Å². The molecule has 0 saturated heterocycles. The number of nitrogens with one attached hydrogen (secondary N) is 1. The molecule has 4 aromatic rings. The number of anilines is 1. The van der Waals surface area contributed by atoms with Crippen molar-refractivity contribution < 1.29 is 9.21 Å². The summed E-state index contributed by atoms with van der Waals surface area (Å²) in [5, 5.41) is 13.1. The van der Waals surface area contributed by atoms with E-state index in [2.05, 4.69) is 31.4 Å². The Bertz CT molecular complexity index is 1190. The Labute approximate surface area is 180 Å². The van der Waals surface area contributed by atoms with Crippen molar-refractivity contribution >= 4 is 50.3 Å². The molecule has 6 nitrogen and oxygen atoms in total. The second kappa shape index (κ2) is 8.04. The standard InChI is InChI=1S/C21H19BrN4O2S/c1-12-5-4-6-13(2)19(12)23-18(27)11-29-21-25-24-20(26(21)3)17-10-14-9-15(22)7-8-16(14)28-17/h4-10H,11H2,1-3H3,(H,23,27). The van der Waals surface area contributed by atoms with Gasteiger partial charge in [0.25, 0.3) is 0 Å². The number of hydrogen-bond donors (Lipinski definition) is 1. The first-order chi connectivity index (χ1) is 13.9. The summed E-state index contributed by atoms with van der Waals surface area (Å²) in [7, 11) is 1.87. The Morgan fingerprint density at radius 2 is 1.93 bits per heavy atom. The lowest BCUT2D eigenvalue weighted by atomic mass is 10.1. The second-order valence-electron chi connectivity index (χ2n) is 6.76. The summed E-state index contributed by atoms with van der Waals surface area (Å²) in [5.41, 5.74) is 3.74. The molecule has 2 heterocycles. The number of aryl methyl sites for hydroxylation is 2. The van der Waals surface area contributed by atoms with Crippen LogP contribution in [0.5, 0.6) is 0 Å². The van der Waals surface area contributed by atoms with E-state index in [1.807, 2.05) is 67.9 Å². The summed E-state index contributed by atoms with van der Waals surface area (Å²) in [6.45, 7) is 3.97. The number of rotatable bonds is 5. The van der Waals surface area contributed by atoms with E-state index in [0.717, 1.165) is 32.3 Å². The highest BCUT2D eigenvalue weighted by atomic mass is 79.9. The molecular weight excluding hydrogens is 452 g/mol. The highest BCUT2D eigenvalue weighted by molar-refractivity contribution is 9.10. The normalized spacial score (nSPS) is 11.2. The third-order valence-electron chi connectivity index (χ3n) is 4.61. The first-order valence-electron chi connectivity index (χ1n) is 9.00. The van der Waals surface area contributed by atoms with E-state index in [0.29, 0.717) is 16.7 Å². The average molecular weight is 471 g/mol. The Hall–Kier alpha value is -2.58. The zero-order chi connectivity index (χ0) is 20.5. The summed E-state index contributed by atoms with van der Waals surface area (Å²) in [4.78, 5) is 12.4. The number of halogens is 1. The molecule has 0 radical (unpaired) electrons. The van der Waals surface area contributed by atoms with Gasteiger partial charge in [-0.1, -0.05) is 45.9 Å². The SMILES string of the molecule is Cc1cccc(C)c1NC(=O)CSc1nnc(-c2cc3cc(Br)ccc3o2)n1C. The first-order valence-corrected chi connectivity index (χ1v) is 10.8. The van der Waals surface area contributed by atoms with Gasteiger partial charge in [0.1, 0.15) is 5.58 Å². The lowest BCUT2D eigenvalue weighted by Gasteiger charge is -2.11. The van der Waals surface area contributed by atoms with Gasteiger partial charge in [0.2, 0.25) is 5.91 Å². The number of carbonyl (C=O) groups is 1. The quantitative estimate of drug-likeness (QED) is 0.398. The highest BCUT2D eigenvalue weighted by Gasteiger charge is 2.17. The van der Waals surface area contributed by atoms with Gasteiger partial charge in [0, 0.05) is 22.6 Å². The number of nitrogens with zero attached hydrogens (tertiary/aromatic N) is 3. The van der Waals surface area contributed by atoms with Crippen molar-refractivity contribution in [2.45, 2.75) is 19.0 Å². The zero-order valence-corrected chi connectivity index (χ0v) is 18.6. The van der Waals surface area contributed by atoms with Crippen LogP contribution < -0.4 is 5.32 Å². The number of amides is 1. The lowest BCUT2D eigenvalue weighted by Crippen LogP contribution is -2.16. The molecule has 2 aromatic carbocycles. The highest BCUT2D eigenvalue weighted by Crippen LogP contribution is 2.30. The minimum atomic E-state index is -0.0782. The molecule has 0 fully saturated rings. The number of furan rings is 1. The smallest absolute Gasteiger partial charge is 0.234 e. The number of fused-ring (bicyclic) bond motifs is 1. The summed E-state index contributed by atoms with van der Waals surface area (Å²) >= 11 is 4.81. The molecule has 8 heteroatoms. The van der Waals surface area contributed by atoms with Gasteiger partial charge in [0.05, 0.1) is 5.75 Å². The first kappa shape index (κ1) is 19.7. The van der Waals surface area contributed by atoms with Gasteiger partial charge in [-0.3, -0.25) is 4.79 Å². The number of aromatic nitrogens is 3. The van der Waals surface area contributed by atoms with Crippen molar-refractivity contribution in [3.8, 4) is 11.6 Å². The van der Waals surface area contributed by atoms with Crippen molar-refractivity contribution in [2.24, 2.45) is 7.05 Å². The molecule has 148 valence electrons. The second-order valence-corrected chi connectivity index (χ2v) is 8.62. The maximum atomic E-state index is 12.4. The Morgan fingerprint density at radius 3 is 2.69 bits per heavy atom. The molecule has 0 aliphatic carbocycles. The fourth-order valence-corrected chi connectivity index (χ4v) is 4.19. The molecule has 0 atom stereocenters. The fraction of sp³-hybridized carbons (Fsp3) is 0.190. The van der Waals surface area contributed by atoms with Crippen LogP contribution in [0.1, 0.15) is 11.1 Å². The fourth-order valence-electron chi connectivity index (χ4n) is 3.10. The van der Waals surface area contributed by atoms with E-state index < -0.39 is 0 Å². The summed E-state index contributed by atoms with van der Waals surface area (Å²) in [6, 6.07) is 13.7. The van der Waals surface area contributed by atoms with E-state index in [-0.39, 0.29) is 11.7 Å². The molecule has 1 amide bonds. The number of carbonyl (C=O) groups excluding carboxylic acids is 1. The third kappa shape index (κ3) is 4.09.